The summed E-state index contributed by atoms with van der Waals surface area (Å²) in [6, 6.07) is 9.90. The molecule has 1 aromatic carbocycles. The van der Waals surface area contributed by atoms with Gasteiger partial charge in [0.05, 0.1) is 12.0 Å². The Labute approximate surface area is 149 Å². The van der Waals surface area contributed by atoms with Gasteiger partial charge in [-0.25, -0.2) is 0 Å². The van der Waals surface area contributed by atoms with Crippen molar-refractivity contribution in [3.05, 3.63) is 35.9 Å². The van der Waals surface area contributed by atoms with Crippen LogP contribution in [-0.4, -0.2) is 49.1 Å². The molecule has 2 aliphatic heterocycles. The zero-order valence-electron chi connectivity index (χ0n) is 15.0. The lowest BCUT2D eigenvalue weighted by atomic mass is 9.78. The van der Waals surface area contributed by atoms with Gasteiger partial charge in [-0.1, -0.05) is 30.3 Å². The van der Waals surface area contributed by atoms with Crippen LogP contribution in [0.3, 0.4) is 0 Å². The Balaban J connectivity index is 1.52. The molecule has 2 heterocycles. The average Bonchev–Trinajstić information content (AvgIpc) is 2.63. The van der Waals surface area contributed by atoms with E-state index in [0.29, 0.717) is 18.8 Å². The molecule has 0 radical (unpaired) electrons. The van der Waals surface area contributed by atoms with Crippen molar-refractivity contribution in [2.45, 2.75) is 44.1 Å². The summed E-state index contributed by atoms with van der Waals surface area (Å²) < 4.78 is 6.13. The number of nitrogens with zero attached hydrogens (tertiary/aromatic N) is 1. The van der Waals surface area contributed by atoms with Gasteiger partial charge in [-0.05, 0) is 37.2 Å². The first kappa shape index (κ1) is 17.9. The number of hydrogen-bond acceptors (Lipinski definition) is 3. The number of benzene rings is 1. The summed E-state index contributed by atoms with van der Waals surface area (Å²) in [4.78, 5) is 26.1. The quantitative estimate of drug-likeness (QED) is 0.910. The van der Waals surface area contributed by atoms with Crippen LogP contribution in [0.1, 0.15) is 37.7 Å². The van der Waals surface area contributed by atoms with Crippen LogP contribution in [0.4, 0.5) is 0 Å². The van der Waals surface area contributed by atoms with Crippen molar-refractivity contribution < 1.29 is 14.3 Å². The van der Waals surface area contributed by atoms with Crippen LogP contribution in [0.5, 0.6) is 0 Å². The van der Waals surface area contributed by atoms with Crippen LogP contribution < -0.4 is 5.32 Å². The number of rotatable bonds is 4. The summed E-state index contributed by atoms with van der Waals surface area (Å²) >= 11 is 0. The zero-order valence-corrected chi connectivity index (χ0v) is 15.0. The first-order valence-electron chi connectivity index (χ1n) is 9.26. The summed E-state index contributed by atoms with van der Waals surface area (Å²) in [5.74, 6) is 0.691. The highest BCUT2D eigenvalue weighted by atomic mass is 16.5. The Kier molecular flexibility index (Phi) is 5.74. The Bertz CT molecular complexity index is 594. The molecule has 0 aliphatic carbocycles. The molecule has 136 valence electrons. The van der Waals surface area contributed by atoms with Crippen LogP contribution in [0.2, 0.25) is 0 Å². The maximum atomic E-state index is 12.5. The van der Waals surface area contributed by atoms with E-state index in [2.05, 4.69) is 5.32 Å². The third kappa shape index (κ3) is 4.60. The van der Waals surface area contributed by atoms with E-state index in [-0.39, 0.29) is 17.4 Å². The maximum Gasteiger partial charge on any atom is 0.226 e. The van der Waals surface area contributed by atoms with Gasteiger partial charge in [0.15, 0.2) is 0 Å². The molecule has 0 aromatic heterocycles. The topological polar surface area (TPSA) is 58.6 Å². The summed E-state index contributed by atoms with van der Waals surface area (Å²) in [6.07, 6.45) is 4.68. The Morgan fingerprint density at radius 2 is 1.96 bits per heavy atom. The molecule has 1 aromatic rings. The SMILES string of the molecule is CNC(=O)CC1CCOC2(CCN(C(=O)Cc3ccccc3)CC2)C1. The van der Waals surface area contributed by atoms with E-state index < -0.39 is 0 Å². The molecule has 25 heavy (non-hydrogen) atoms. The first-order chi connectivity index (χ1) is 12.1. The second kappa shape index (κ2) is 8.00. The minimum absolute atomic E-state index is 0.109. The smallest absolute Gasteiger partial charge is 0.226 e. The first-order valence-corrected chi connectivity index (χ1v) is 9.26. The van der Waals surface area contributed by atoms with Gasteiger partial charge in [0, 0.05) is 33.2 Å². The summed E-state index contributed by atoms with van der Waals surface area (Å²) in [6.45, 7) is 2.22. The van der Waals surface area contributed by atoms with Gasteiger partial charge in [0.2, 0.25) is 11.8 Å². The second-order valence-corrected chi connectivity index (χ2v) is 7.31. The van der Waals surface area contributed by atoms with E-state index in [9.17, 15) is 9.59 Å². The van der Waals surface area contributed by atoms with Crippen LogP contribution in [0, 0.1) is 5.92 Å². The van der Waals surface area contributed by atoms with Gasteiger partial charge in [0.25, 0.3) is 0 Å². The Hall–Kier alpha value is -1.88. The van der Waals surface area contributed by atoms with Crippen molar-refractivity contribution in [1.29, 1.82) is 0 Å². The molecular weight excluding hydrogens is 316 g/mol. The number of carbonyl (C=O) groups is 2. The highest BCUT2D eigenvalue weighted by Gasteiger charge is 2.41. The van der Waals surface area contributed by atoms with Gasteiger partial charge in [-0.3, -0.25) is 9.59 Å². The molecule has 0 saturated carbocycles. The lowest BCUT2D eigenvalue weighted by molar-refractivity contribution is -0.148. The van der Waals surface area contributed by atoms with Gasteiger partial charge < -0.3 is 15.0 Å². The van der Waals surface area contributed by atoms with Crippen LogP contribution in [0.25, 0.3) is 0 Å². The van der Waals surface area contributed by atoms with Gasteiger partial charge in [-0.15, -0.1) is 0 Å². The van der Waals surface area contributed by atoms with Crippen molar-refractivity contribution in [1.82, 2.24) is 10.2 Å². The Morgan fingerprint density at radius 3 is 2.64 bits per heavy atom. The predicted molar refractivity (Wildman–Crippen MR) is 96.1 cm³/mol. The lowest BCUT2D eigenvalue weighted by Gasteiger charge is -2.46. The molecule has 5 nitrogen and oxygen atoms in total. The largest absolute Gasteiger partial charge is 0.375 e. The Morgan fingerprint density at radius 1 is 1.24 bits per heavy atom. The van der Waals surface area contributed by atoms with Gasteiger partial charge in [-0.2, -0.15) is 0 Å². The summed E-state index contributed by atoms with van der Waals surface area (Å²) in [5, 5.41) is 2.72. The molecule has 5 heteroatoms. The van der Waals surface area contributed by atoms with Gasteiger partial charge in [0.1, 0.15) is 0 Å². The molecule has 3 rings (SSSR count). The number of amides is 2. The molecule has 2 saturated heterocycles. The van der Waals surface area contributed by atoms with Crippen LogP contribution in [-0.2, 0) is 20.7 Å². The van der Waals surface area contributed by atoms with Crippen molar-refractivity contribution in [3.8, 4) is 0 Å². The molecule has 0 bridgehead atoms. The maximum absolute atomic E-state index is 12.5. The fourth-order valence-corrected chi connectivity index (χ4v) is 4.06. The van der Waals surface area contributed by atoms with E-state index >= 15 is 0 Å². The van der Waals surface area contributed by atoms with Crippen molar-refractivity contribution in [2.75, 3.05) is 26.7 Å². The summed E-state index contributed by atoms with van der Waals surface area (Å²) in [7, 11) is 1.69. The third-order valence-electron chi connectivity index (χ3n) is 5.57. The highest BCUT2D eigenvalue weighted by Crippen LogP contribution is 2.38. The normalized spacial score (nSPS) is 22.6. The number of ether oxygens (including phenoxy) is 1. The predicted octanol–water partition coefficient (Wildman–Crippen LogP) is 2.15. The molecular formula is C20H28N2O3. The van der Waals surface area contributed by atoms with Crippen LogP contribution in [0.15, 0.2) is 30.3 Å². The number of nitrogens with one attached hydrogen (secondary N) is 1. The van der Waals surface area contributed by atoms with Crippen molar-refractivity contribution in [3.63, 3.8) is 0 Å². The molecule has 1 atom stereocenters. The standard InChI is InChI=1S/C20H28N2O3/c1-21-18(23)13-17-7-12-25-20(15-17)8-10-22(11-9-20)19(24)14-16-5-3-2-4-6-16/h2-6,17H,7-15H2,1H3,(H,21,23). The van der Waals surface area contributed by atoms with Crippen molar-refractivity contribution >= 4 is 11.8 Å². The molecule has 2 amide bonds. The fraction of sp³-hybridized carbons (Fsp3) is 0.600. The summed E-state index contributed by atoms with van der Waals surface area (Å²) in [5.41, 5.74) is 0.924. The van der Waals surface area contributed by atoms with Crippen molar-refractivity contribution in [2.24, 2.45) is 5.92 Å². The number of likely N-dealkylation sites (tertiary alicyclic amines) is 1. The molecule has 1 unspecified atom stereocenters. The monoisotopic (exact) mass is 344 g/mol. The van der Waals surface area contributed by atoms with E-state index in [4.69, 9.17) is 4.74 Å². The molecule has 1 spiro atoms. The number of piperidine rings is 1. The second-order valence-electron chi connectivity index (χ2n) is 7.31. The van der Waals surface area contributed by atoms with Gasteiger partial charge >= 0.3 is 0 Å². The average molecular weight is 344 g/mol. The molecule has 2 aliphatic rings. The van der Waals surface area contributed by atoms with Crippen LogP contribution >= 0.6 is 0 Å². The fourth-order valence-electron chi connectivity index (χ4n) is 4.06. The number of hydrogen-bond donors (Lipinski definition) is 1. The van der Waals surface area contributed by atoms with E-state index in [1.54, 1.807) is 7.05 Å². The molecule has 2 fully saturated rings. The minimum atomic E-state index is -0.138. The van der Waals surface area contributed by atoms with E-state index in [1.807, 2.05) is 35.2 Å². The van der Waals surface area contributed by atoms with E-state index in [0.717, 1.165) is 50.9 Å². The third-order valence-corrected chi connectivity index (χ3v) is 5.57. The van der Waals surface area contributed by atoms with E-state index in [1.165, 1.54) is 0 Å². The lowest BCUT2D eigenvalue weighted by Crippen LogP contribution is -2.51. The molecule has 1 N–H and O–H groups in total. The minimum Gasteiger partial charge on any atom is -0.375 e. The number of carbonyl (C=O) groups excluding carboxylic acids is 2. The highest BCUT2D eigenvalue weighted by molar-refractivity contribution is 5.79. The zero-order chi connectivity index (χ0) is 17.7.